The van der Waals surface area contributed by atoms with E-state index in [0.29, 0.717) is 23.2 Å². The van der Waals surface area contributed by atoms with Gasteiger partial charge in [0.1, 0.15) is 5.58 Å². The van der Waals surface area contributed by atoms with E-state index in [0.717, 1.165) is 44.2 Å². The lowest BCUT2D eigenvalue weighted by Gasteiger charge is -2.21. The molecule has 0 saturated heterocycles. The zero-order chi connectivity index (χ0) is 32.7. The van der Waals surface area contributed by atoms with Gasteiger partial charge in [0.25, 0.3) is 0 Å². The highest BCUT2D eigenvalue weighted by molar-refractivity contribution is 6.10. The van der Waals surface area contributed by atoms with Gasteiger partial charge in [-0.05, 0) is 70.8 Å². The molecular weight excluding hydrogens is 601 g/mol. The summed E-state index contributed by atoms with van der Waals surface area (Å²) >= 11 is 0. The molecule has 0 saturated carbocycles. The third-order valence-electron chi connectivity index (χ3n) is 10.1. The number of rotatable bonds is 4. The van der Waals surface area contributed by atoms with E-state index in [4.69, 9.17) is 19.4 Å². The van der Waals surface area contributed by atoms with Crippen molar-refractivity contribution in [3.63, 3.8) is 0 Å². The molecule has 0 aliphatic heterocycles. The molecule has 6 aromatic carbocycles. The molecule has 232 valence electrons. The lowest BCUT2D eigenvalue weighted by Crippen LogP contribution is -2.14. The van der Waals surface area contributed by atoms with Crippen molar-refractivity contribution in [1.29, 1.82) is 0 Å². The standard InChI is InChI=1S/C44H30N4O/c1-44(2)34-19-9-7-17-31(34)40-32(18-12-20-35(40)44)42-45-41(46-43(47-42)39-26-27-13-6-11-22-38(27)49-39)28-23-24-37-33(25-28)30-16-8-10-21-36(30)48(37)29-14-4-3-5-15-29/h3-26H,1-2H3. The Morgan fingerprint density at radius 1 is 0.531 bits per heavy atom. The predicted molar refractivity (Wildman–Crippen MR) is 198 cm³/mol. The number of hydrogen-bond acceptors (Lipinski definition) is 4. The number of benzene rings is 6. The van der Waals surface area contributed by atoms with Crippen LogP contribution in [0.5, 0.6) is 0 Å². The van der Waals surface area contributed by atoms with Gasteiger partial charge in [0.05, 0.1) is 11.0 Å². The highest BCUT2D eigenvalue weighted by atomic mass is 16.3. The normalized spacial score (nSPS) is 13.3. The molecule has 1 aliphatic rings. The SMILES string of the molecule is CC1(C)c2ccccc2-c2c(-c3nc(-c4ccc5c(c4)c4ccccc4n5-c4ccccc4)nc(-c4cc5ccccc5o4)n3)cccc21. The van der Waals surface area contributed by atoms with E-state index in [2.05, 4.69) is 134 Å². The van der Waals surface area contributed by atoms with Crippen molar-refractivity contribution in [2.24, 2.45) is 0 Å². The third-order valence-corrected chi connectivity index (χ3v) is 10.1. The van der Waals surface area contributed by atoms with E-state index in [1.54, 1.807) is 0 Å². The first-order valence-corrected chi connectivity index (χ1v) is 16.6. The summed E-state index contributed by atoms with van der Waals surface area (Å²) in [5, 5.41) is 3.32. The molecule has 9 aromatic rings. The highest BCUT2D eigenvalue weighted by Crippen LogP contribution is 2.51. The average Bonchev–Trinajstić information content (AvgIpc) is 3.80. The van der Waals surface area contributed by atoms with Crippen LogP contribution in [-0.2, 0) is 5.41 Å². The van der Waals surface area contributed by atoms with Crippen molar-refractivity contribution >= 4 is 32.8 Å². The number of furan rings is 1. The van der Waals surface area contributed by atoms with E-state index < -0.39 is 0 Å². The van der Waals surface area contributed by atoms with Crippen LogP contribution < -0.4 is 0 Å². The average molecular weight is 631 g/mol. The van der Waals surface area contributed by atoms with Gasteiger partial charge in [-0.2, -0.15) is 0 Å². The fourth-order valence-corrected chi connectivity index (χ4v) is 7.74. The Hall–Kier alpha value is -6.33. The second-order valence-corrected chi connectivity index (χ2v) is 13.3. The van der Waals surface area contributed by atoms with E-state index in [9.17, 15) is 0 Å². The van der Waals surface area contributed by atoms with Crippen molar-refractivity contribution in [2.75, 3.05) is 0 Å². The molecule has 0 fully saturated rings. The number of fused-ring (bicyclic) bond motifs is 7. The van der Waals surface area contributed by atoms with Gasteiger partial charge in [-0.25, -0.2) is 15.0 Å². The molecule has 10 rings (SSSR count). The summed E-state index contributed by atoms with van der Waals surface area (Å²) in [7, 11) is 0. The number of para-hydroxylation sites is 3. The lowest BCUT2D eigenvalue weighted by molar-refractivity contribution is 0.625. The monoisotopic (exact) mass is 630 g/mol. The second-order valence-electron chi connectivity index (χ2n) is 13.3. The molecule has 3 heterocycles. The molecule has 49 heavy (non-hydrogen) atoms. The molecule has 0 spiro atoms. The van der Waals surface area contributed by atoms with Gasteiger partial charge in [-0.1, -0.05) is 111 Å². The first-order chi connectivity index (χ1) is 24.0. The highest BCUT2D eigenvalue weighted by Gasteiger charge is 2.37. The molecule has 0 amide bonds. The van der Waals surface area contributed by atoms with Crippen LogP contribution in [0.1, 0.15) is 25.0 Å². The minimum absolute atomic E-state index is 0.142. The molecule has 0 unspecified atom stereocenters. The summed E-state index contributed by atoms with van der Waals surface area (Å²) in [4.78, 5) is 15.5. The molecule has 5 nitrogen and oxygen atoms in total. The van der Waals surface area contributed by atoms with Crippen LogP contribution in [-0.4, -0.2) is 19.5 Å². The van der Waals surface area contributed by atoms with Gasteiger partial charge >= 0.3 is 0 Å². The summed E-state index contributed by atoms with van der Waals surface area (Å²) < 4.78 is 8.66. The maximum atomic E-state index is 6.34. The topological polar surface area (TPSA) is 56.7 Å². The van der Waals surface area contributed by atoms with Gasteiger partial charge in [-0.3, -0.25) is 0 Å². The first-order valence-electron chi connectivity index (χ1n) is 16.6. The zero-order valence-corrected chi connectivity index (χ0v) is 27.1. The van der Waals surface area contributed by atoms with Crippen LogP contribution in [0.4, 0.5) is 0 Å². The second kappa shape index (κ2) is 10.3. The number of aromatic nitrogens is 4. The minimum atomic E-state index is -0.142. The van der Waals surface area contributed by atoms with Gasteiger partial charge in [0, 0.05) is 38.4 Å². The van der Waals surface area contributed by atoms with Crippen molar-refractivity contribution in [1.82, 2.24) is 19.5 Å². The number of hydrogen-bond donors (Lipinski definition) is 0. The zero-order valence-electron chi connectivity index (χ0n) is 27.1. The van der Waals surface area contributed by atoms with E-state index in [1.807, 2.05) is 30.3 Å². The maximum absolute atomic E-state index is 6.34. The van der Waals surface area contributed by atoms with Crippen LogP contribution >= 0.6 is 0 Å². The molecule has 0 radical (unpaired) electrons. The minimum Gasteiger partial charge on any atom is -0.453 e. The molecule has 3 aromatic heterocycles. The van der Waals surface area contributed by atoms with Crippen LogP contribution in [0, 0.1) is 0 Å². The lowest BCUT2D eigenvalue weighted by atomic mass is 9.82. The predicted octanol–water partition coefficient (Wildman–Crippen LogP) is 11.0. The summed E-state index contributed by atoms with van der Waals surface area (Å²) in [6.07, 6.45) is 0. The summed E-state index contributed by atoms with van der Waals surface area (Å²) in [5.41, 5.74) is 10.9. The summed E-state index contributed by atoms with van der Waals surface area (Å²) in [6.45, 7) is 4.59. The third kappa shape index (κ3) is 4.15. The Bertz CT molecular complexity index is 2720. The van der Waals surface area contributed by atoms with Crippen molar-refractivity contribution in [3.8, 4) is 51.2 Å². The molecule has 0 bridgehead atoms. The fraction of sp³-hybridized carbons (Fsp3) is 0.0682. The molecular formula is C44H30N4O. The van der Waals surface area contributed by atoms with Crippen LogP contribution in [0.3, 0.4) is 0 Å². The molecule has 0 N–H and O–H groups in total. The van der Waals surface area contributed by atoms with Gasteiger partial charge < -0.3 is 8.98 Å². The maximum Gasteiger partial charge on any atom is 0.199 e. The molecule has 0 atom stereocenters. The molecule has 1 aliphatic carbocycles. The largest absolute Gasteiger partial charge is 0.453 e. The van der Waals surface area contributed by atoms with Crippen LogP contribution in [0.15, 0.2) is 150 Å². The van der Waals surface area contributed by atoms with Gasteiger partial charge in [0.15, 0.2) is 23.2 Å². The Labute approximate surface area is 283 Å². The Kier molecular flexibility index (Phi) is 5.85. The van der Waals surface area contributed by atoms with Gasteiger partial charge in [0.2, 0.25) is 0 Å². The van der Waals surface area contributed by atoms with Crippen molar-refractivity contribution < 1.29 is 4.42 Å². The van der Waals surface area contributed by atoms with E-state index >= 15 is 0 Å². The van der Waals surface area contributed by atoms with Crippen LogP contribution in [0.25, 0.3) is 83.9 Å². The quantitative estimate of drug-likeness (QED) is 0.194. The summed E-state index contributed by atoms with van der Waals surface area (Å²) in [5.74, 6) is 2.34. The molecule has 5 heteroatoms. The first kappa shape index (κ1) is 27.8. The summed E-state index contributed by atoms with van der Waals surface area (Å²) in [6, 6.07) is 50.8. The van der Waals surface area contributed by atoms with E-state index in [-0.39, 0.29) is 5.41 Å². The fourth-order valence-electron chi connectivity index (χ4n) is 7.74. The van der Waals surface area contributed by atoms with Crippen molar-refractivity contribution in [3.05, 3.63) is 157 Å². The Morgan fingerprint density at radius 2 is 1.22 bits per heavy atom. The van der Waals surface area contributed by atoms with Gasteiger partial charge in [-0.15, -0.1) is 0 Å². The number of nitrogens with zero attached hydrogens (tertiary/aromatic N) is 4. The Morgan fingerprint density at radius 3 is 2.12 bits per heavy atom. The Balaban J connectivity index is 1.23. The van der Waals surface area contributed by atoms with Crippen molar-refractivity contribution in [2.45, 2.75) is 19.3 Å². The smallest absolute Gasteiger partial charge is 0.199 e. The van der Waals surface area contributed by atoms with E-state index in [1.165, 1.54) is 27.6 Å². The van der Waals surface area contributed by atoms with Crippen LogP contribution in [0.2, 0.25) is 0 Å².